The minimum Gasteiger partial charge on any atom is -0.477 e. The standard InChI is InChI=1S/C15H14N2O3/c1-9-11(13(19)20)12(18)17-14(16-9)15(7-8-15)10-5-3-2-4-6-10/h2-6H,7-8H2,1H3,(H,19,20)(H,16,17,18). The second-order valence-electron chi connectivity index (χ2n) is 5.13. The maximum atomic E-state index is 11.9. The molecule has 1 fully saturated rings. The summed E-state index contributed by atoms with van der Waals surface area (Å²) in [7, 11) is 0. The van der Waals surface area contributed by atoms with Crippen LogP contribution in [0, 0.1) is 6.92 Å². The van der Waals surface area contributed by atoms with E-state index in [1.807, 2.05) is 30.3 Å². The summed E-state index contributed by atoms with van der Waals surface area (Å²) in [6, 6.07) is 9.85. The van der Waals surface area contributed by atoms with Crippen LogP contribution in [0.1, 0.15) is 40.3 Å². The maximum Gasteiger partial charge on any atom is 0.343 e. The number of carboxylic acid groups (broad SMARTS) is 1. The molecule has 0 aliphatic heterocycles. The number of hydrogen-bond donors (Lipinski definition) is 2. The number of hydrogen-bond acceptors (Lipinski definition) is 3. The lowest BCUT2D eigenvalue weighted by atomic mass is 9.95. The summed E-state index contributed by atoms with van der Waals surface area (Å²) in [5.41, 5.74) is 0.242. The van der Waals surface area contributed by atoms with E-state index >= 15 is 0 Å². The fraction of sp³-hybridized carbons (Fsp3) is 0.267. The van der Waals surface area contributed by atoms with Gasteiger partial charge in [0.05, 0.1) is 11.1 Å². The van der Waals surface area contributed by atoms with Crippen molar-refractivity contribution in [3.05, 3.63) is 63.3 Å². The zero-order chi connectivity index (χ0) is 14.3. The second-order valence-corrected chi connectivity index (χ2v) is 5.13. The van der Waals surface area contributed by atoms with Crippen LogP contribution in [-0.4, -0.2) is 21.0 Å². The SMILES string of the molecule is Cc1nc(C2(c3ccccc3)CC2)[nH]c(=O)c1C(=O)O. The zero-order valence-electron chi connectivity index (χ0n) is 11.0. The molecule has 0 bridgehead atoms. The van der Waals surface area contributed by atoms with E-state index in [4.69, 9.17) is 5.11 Å². The fourth-order valence-corrected chi connectivity index (χ4v) is 2.61. The monoisotopic (exact) mass is 270 g/mol. The minimum atomic E-state index is -1.24. The number of carbonyl (C=O) groups is 1. The number of aromatic nitrogens is 2. The number of nitrogens with zero attached hydrogens (tertiary/aromatic N) is 1. The summed E-state index contributed by atoms with van der Waals surface area (Å²) in [4.78, 5) is 29.9. The lowest BCUT2D eigenvalue weighted by molar-refractivity contribution is 0.0693. The second kappa shape index (κ2) is 4.30. The van der Waals surface area contributed by atoms with E-state index in [0.717, 1.165) is 18.4 Å². The van der Waals surface area contributed by atoms with Gasteiger partial charge in [0.15, 0.2) is 0 Å². The van der Waals surface area contributed by atoms with Crippen molar-refractivity contribution >= 4 is 5.97 Å². The van der Waals surface area contributed by atoms with Crippen LogP contribution in [0.25, 0.3) is 0 Å². The third-order valence-corrected chi connectivity index (χ3v) is 3.84. The number of benzene rings is 1. The van der Waals surface area contributed by atoms with Gasteiger partial charge in [-0.1, -0.05) is 30.3 Å². The van der Waals surface area contributed by atoms with Gasteiger partial charge in [-0.05, 0) is 25.3 Å². The van der Waals surface area contributed by atoms with Crippen LogP contribution in [0.15, 0.2) is 35.1 Å². The molecule has 0 atom stereocenters. The molecular formula is C15H14N2O3. The zero-order valence-corrected chi connectivity index (χ0v) is 11.0. The van der Waals surface area contributed by atoms with Crippen LogP contribution in [0.2, 0.25) is 0 Å². The third-order valence-electron chi connectivity index (χ3n) is 3.84. The molecule has 5 heteroatoms. The summed E-state index contributed by atoms with van der Waals surface area (Å²) in [5.74, 6) is -0.677. The van der Waals surface area contributed by atoms with Gasteiger partial charge in [-0.25, -0.2) is 9.78 Å². The average molecular weight is 270 g/mol. The maximum absolute atomic E-state index is 11.9. The summed E-state index contributed by atoms with van der Waals surface area (Å²) in [5, 5.41) is 9.01. The van der Waals surface area contributed by atoms with Crippen LogP contribution in [0.4, 0.5) is 0 Å². The van der Waals surface area contributed by atoms with Gasteiger partial charge in [0.25, 0.3) is 5.56 Å². The number of nitrogens with one attached hydrogen (secondary N) is 1. The average Bonchev–Trinajstić information content (AvgIpc) is 3.20. The third kappa shape index (κ3) is 1.82. The van der Waals surface area contributed by atoms with Crippen LogP contribution in [-0.2, 0) is 5.41 Å². The van der Waals surface area contributed by atoms with Crippen LogP contribution >= 0.6 is 0 Å². The number of H-pyrrole nitrogens is 1. The molecule has 102 valence electrons. The molecule has 2 aromatic rings. The molecule has 2 N–H and O–H groups in total. The molecule has 1 saturated carbocycles. The van der Waals surface area contributed by atoms with E-state index in [1.54, 1.807) is 6.92 Å². The first-order valence-electron chi connectivity index (χ1n) is 6.45. The molecule has 1 heterocycles. The van der Waals surface area contributed by atoms with E-state index in [9.17, 15) is 9.59 Å². The van der Waals surface area contributed by atoms with Crippen molar-refractivity contribution in [1.82, 2.24) is 9.97 Å². The molecule has 0 amide bonds. The molecular weight excluding hydrogens is 256 g/mol. The van der Waals surface area contributed by atoms with Gasteiger partial charge in [-0.2, -0.15) is 0 Å². The molecule has 1 aromatic heterocycles. The Bertz CT molecular complexity index is 731. The van der Waals surface area contributed by atoms with Gasteiger partial charge in [0, 0.05) is 0 Å². The highest BCUT2D eigenvalue weighted by atomic mass is 16.4. The number of rotatable bonds is 3. The van der Waals surface area contributed by atoms with Gasteiger partial charge < -0.3 is 10.1 Å². The van der Waals surface area contributed by atoms with Crippen molar-refractivity contribution in [2.75, 3.05) is 0 Å². The number of aryl methyl sites for hydroxylation is 1. The normalized spacial score (nSPS) is 15.8. The van der Waals surface area contributed by atoms with Crippen LogP contribution < -0.4 is 5.56 Å². The highest BCUT2D eigenvalue weighted by molar-refractivity contribution is 5.88. The van der Waals surface area contributed by atoms with Gasteiger partial charge >= 0.3 is 5.97 Å². The van der Waals surface area contributed by atoms with E-state index < -0.39 is 11.5 Å². The van der Waals surface area contributed by atoms with Crippen molar-refractivity contribution in [2.45, 2.75) is 25.2 Å². The fourth-order valence-electron chi connectivity index (χ4n) is 2.61. The summed E-state index contributed by atoms with van der Waals surface area (Å²) in [6.45, 7) is 1.56. The Morgan fingerprint density at radius 2 is 1.95 bits per heavy atom. The van der Waals surface area contributed by atoms with E-state index in [0.29, 0.717) is 5.82 Å². The van der Waals surface area contributed by atoms with E-state index in [-0.39, 0.29) is 16.7 Å². The Morgan fingerprint density at radius 1 is 1.30 bits per heavy atom. The van der Waals surface area contributed by atoms with Gasteiger partial charge in [-0.3, -0.25) is 4.79 Å². The highest BCUT2D eigenvalue weighted by Gasteiger charge is 2.48. The van der Waals surface area contributed by atoms with Gasteiger partial charge in [0.2, 0.25) is 0 Å². The first kappa shape index (κ1) is 12.6. The summed E-state index contributed by atoms with van der Waals surface area (Å²) < 4.78 is 0. The lowest BCUT2D eigenvalue weighted by Crippen LogP contribution is -2.26. The summed E-state index contributed by atoms with van der Waals surface area (Å²) in [6.07, 6.45) is 1.82. The van der Waals surface area contributed by atoms with Gasteiger partial charge in [0.1, 0.15) is 11.4 Å². The molecule has 1 aliphatic rings. The van der Waals surface area contributed by atoms with E-state index in [1.165, 1.54) is 0 Å². The highest BCUT2D eigenvalue weighted by Crippen LogP contribution is 2.51. The largest absolute Gasteiger partial charge is 0.477 e. The Morgan fingerprint density at radius 3 is 2.45 bits per heavy atom. The molecule has 1 aromatic carbocycles. The summed E-state index contributed by atoms with van der Waals surface area (Å²) >= 11 is 0. The predicted octanol–water partition coefficient (Wildman–Crippen LogP) is 1.86. The molecule has 1 aliphatic carbocycles. The van der Waals surface area contributed by atoms with Crippen LogP contribution in [0.3, 0.4) is 0 Å². The Hall–Kier alpha value is -2.43. The molecule has 3 rings (SSSR count). The minimum absolute atomic E-state index is 0.262. The van der Waals surface area contributed by atoms with E-state index in [2.05, 4.69) is 9.97 Å². The first-order chi connectivity index (χ1) is 9.54. The lowest BCUT2D eigenvalue weighted by Gasteiger charge is -2.15. The van der Waals surface area contributed by atoms with Crippen molar-refractivity contribution in [3.63, 3.8) is 0 Å². The predicted molar refractivity (Wildman–Crippen MR) is 73.0 cm³/mol. The molecule has 5 nitrogen and oxygen atoms in total. The van der Waals surface area contributed by atoms with Crippen LogP contribution in [0.5, 0.6) is 0 Å². The van der Waals surface area contributed by atoms with Crippen molar-refractivity contribution < 1.29 is 9.90 Å². The molecule has 0 spiro atoms. The first-order valence-corrected chi connectivity index (χ1v) is 6.45. The Balaban J connectivity index is 2.13. The number of aromatic amines is 1. The molecule has 20 heavy (non-hydrogen) atoms. The Labute approximate surface area is 115 Å². The van der Waals surface area contributed by atoms with Crippen molar-refractivity contribution in [3.8, 4) is 0 Å². The van der Waals surface area contributed by atoms with Gasteiger partial charge in [-0.15, -0.1) is 0 Å². The molecule has 0 radical (unpaired) electrons. The van der Waals surface area contributed by atoms with Crippen molar-refractivity contribution in [1.29, 1.82) is 0 Å². The number of aromatic carboxylic acids is 1. The topological polar surface area (TPSA) is 83.0 Å². The number of carboxylic acids is 1. The molecule has 0 unspecified atom stereocenters. The molecule has 0 saturated heterocycles. The smallest absolute Gasteiger partial charge is 0.343 e. The van der Waals surface area contributed by atoms with Crippen molar-refractivity contribution in [2.24, 2.45) is 0 Å². The quantitative estimate of drug-likeness (QED) is 0.891. The Kier molecular flexibility index (Phi) is 2.71.